The number of aryl methyl sites for hydroxylation is 1. The molecule has 1 N–H and O–H groups in total. The van der Waals surface area contributed by atoms with Gasteiger partial charge in [0.05, 0.1) is 5.69 Å². The van der Waals surface area contributed by atoms with Crippen LogP contribution in [0.5, 0.6) is 0 Å². The standard InChI is InChI=1S/C11H13N5/c1-12-9-5-3-4-6-10(9)14-15-11-13-7-8-16(11)2/h3-8,12H,1-2H3/b15-14+. The number of nitrogens with zero attached hydrogens (tertiary/aromatic N) is 4. The van der Waals surface area contributed by atoms with Crippen molar-refractivity contribution in [3.63, 3.8) is 0 Å². The molecule has 5 heteroatoms. The summed E-state index contributed by atoms with van der Waals surface area (Å²) in [5.41, 5.74) is 1.74. The summed E-state index contributed by atoms with van der Waals surface area (Å²) in [4.78, 5) is 4.07. The van der Waals surface area contributed by atoms with Crippen molar-refractivity contribution in [1.29, 1.82) is 0 Å². The molecular formula is C11H13N5. The minimum Gasteiger partial charge on any atom is -0.386 e. The van der Waals surface area contributed by atoms with Crippen molar-refractivity contribution in [3.8, 4) is 0 Å². The second kappa shape index (κ2) is 4.57. The second-order valence-corrected chi connectivity index (χ2v) is 3.31. The van der Waals surface area contributed by atoms with Crippen LogP contribution in [0.4, 0.5) is 17.3 Å². The van der Waals surface area contributed by atoms with Gasteiger partial charge < -0.3 is 9.88 Å². The molecule has 0 radical (unpaired) electrons. The van der Waals surface area contributed by atoms with E-state index in [1.54, 1.807) is 6.20 Å². The maximum Gasteiger partial charge on any atom is 0.249 e. The van der Waals surface area contributed by atoms with E-state index in [0.29, 0.717) is 5.95 Å². The largest absolute Gasteiger partial charge is 0.386 e. The van der Waals surface area contributed by atoms with Gasteiger partial charge in [0, 0.05) is 26.5 Å². The van der Waals surface area contributed by atoms with E-state index in [1.807, 2.05) is 49.1 Å². The molecule has 0 bridgehead atoms. The Bertz CT molecular complexity index is 501. The highest BCUT2D eigenvalue weighted by molar-refractivity contribution is 5.64. The van der Waals surface area contributed by atoms with Gasteiger partial charge in [-0.1, -0.05) is 12.1 Å². The van der Waals surface area contributed by atoms with E-state index in [0.717, 1.165) is 11.4 Å². The summed E-state index contributed by atoms with van der Waals surface area (Å²) < 4.78 is 1.81. The Labute approximate surface area is 93.9 Å². The van der Waals surface area contributed by atoms with Gasteiger partial charge in [-0.2, -0.15) is 0 Å². The minimum atomic E-state index is 0.589. The van der Waals surface area contributed by atoms with E-state index in [4.69, 9.17) is 0 Å². The molecule has 2 aromatic rings. The van der Waals surface area contributed by atoms with E-state index in [-0.39, 0.29) is 0 Å². The number of hydrogen-bond acceptors (Lipinski definition) is 4. The molecular weight excluding hydrogens is 202 g/mol. The highest BCUT2D eigenvalue weighted by Gasteiger charge is 1.99. The summed E-state index contributed by atoms with van der Waals surface area (Å²) in [7, 11) is 3.74. The fraction of sp³-hybridized carbons (Fsp3) is 0.182. The molecule has 0 fully saturated rings. The van der Waals surface area contributed by atoms with Gasteiger partial charge in [0.25, 0.3) is 0 Å². The highest BCUT2D eigenvalue weighted by Crippen LogP contribution is 2.25. The molecule has 0 aliphatic heterocycles. The van der Waals surface area contributed by atoms with Crippen molar-refractivity contribution in [1.82, 2.24) is 9.55 Å². The first kappa shape index (κ1) is 10.4. The summed E-state index contributed by atoms with van der Waals surface area (Å²) in [6.45, 7) is 0. The van der Waals surface area contributed by atoms with E-state index < -0.39 is 0 Å². The van der Waals surface area contributed by atoms with Crippen LogP contribution in [-0.2, 0) is 7.05 Å². The minimum absolute atomic E-state index is 0.589. The summed E-state index contributed by atoms with van der Waals surface area (Å²) in [6, 6.07) is 7.73. The van der Waals surface area contributed by atoms with Crippen LogP contribution in [-0.4, -0.2) is 16.6 Å². The predicted molar refractivity (Wildman–Crippen MR) is 63.4 cm³/mol. The van der Waals surface area contributed by atoms with Crippen molar-refractivity contribution in [2.45, 2.75) is 0 Å². The number of rotatable bonds is 3. The average Bonchev–Trinajstić information content (AvgIpc) is 2.72. The number of hydrogen-bond donors (Lipinski definition) is 1. The Morgan fingerprint density at radius 2 is 2.06 bits per heavy atom. The van der Waals surface area contributed by atoms with Gasteiger partial charge in [-0.05, 0) is 12.1 Å². The van der Waals surface area contributed by atoms with Gasteiger partial charge >= 0.3 is 0 Å². The van der Waals surface area contributed by atoms with Gasteiger partial charge in [0.15, 0.2) is 0 Å². The number of para-hydroxylation sites is 1. The zero-order valence-electron chi connectivity index (χ0n) is 9.25. The van der Waals surface area contributed by atoms with Crippen molar-refractivity contribution >= 4 is 17.3 Å². The Morgan fingerprint density at radius 3 is 2.75 bits per heavy atom. The maximum atomic E-state index is 4.16. The molecule has 1 aromatic carbocycles. The average molecular weight is 215 g/mol. The predicted octanol–water partition coefficient (Wildman–Crippen LogP) is 2.88. The lowest BCUT2D eigenvalue weighted by Crippen LogP contribution is -1.87. The lowest BCUT2D eigenvalue weighted by molar-refractivity contribution is 0.893. The zero-order chi connectivity index (χ0) is 11.4. The molecule has 0 atom stereocenters. The van der Waals surface area contributed by atoms with Gasteiger partial charge in [0.1, 0.15) is 5.69 Å². The molecule has 2 rings (SSSR count). The molecule has 0 saturated heterocycles. The van der Waals surface area contributed by atoms with Crippen LogP contribution in [0.1, 0.15) is 0 Å². The number of aromatic nitrogens is 2. The van der Waals surface area contributed by atoms with Crippen molar-refractivity contribution in [3.05, 3.63) is 36.7 Å². The fourth-order valence-electron chi connectivity index (χ4n) is 1.32. The first-order valence-electron chi connectivity index (χ1n) is 4.97. The third-order valence-electron chi connectivity index (χ3n) is 2.22. The molecule has 0 saturated carbocycles. The first-order valence-corrected chi connectivity index (χ1v) is 4.97. The van der Waals surface area contributed by atoms with Crippen molar-refractivity contribution < 1.29 is 0 Å². The monoisotopic (exact) mass is 215 g/mol. The topological polar surface area (TPSA) is 54.6 Å². The SMILES string of the molecule is CNc1ccccc1/N=N/c1nccn1C. The molecule has 0 amide bonds. The van der Waals surface area contributed by atoms with Gasteiger partial charge in [-0.3, -0.25) is 0 Å². The quantitative estimate of drug-likeness (QED) is 0.800. The number of anilines is 1. The molecule has 0 aliphatic carbocycles. The van der Waals surface area contributed by atoms with E-state index in [2.05, 4.69) is 20.5 Å². The molecule has 1 aromatic heterocycles. The third kappa shape index (κ3) is 2.08. The Morgan fingerprint density at radius 1 is 1.25 bits per heavy atom. The van der Waals surface area contributed by atoms with Crippen LogP contribution in [0.25, 0.3) is 0 Å². The van der Waals surface area contributed by atoms with Crippen LogP contribution in [0, 0.1) is 0 Å². The summed E-state index contributed by atoms with van der Waals surface area (Å²) in [6.07, 6.45) is 3.52. The highest BCUT2D eigenvalue weighted by atomic mass is 15.2. The van der Waals surface area contributed by atoms with E-state index >= 15 is 0 Å². The summed E-state index contributed by atoms with van der Waals surface area (Å²) in [5, 5.41) is 11.3. The van der Waals surface area contributed by atoms with Crippen LogP contribution in [0.3, 0.4) is 0 Å². The fourth-order valence-corrected chi connectivity index (χ4v) is 1.32. The first-order chi connectivity index (χ1) is 7.81. The molecule has 1 heterocycles. The van der Waals surface area contributed by atoms with Crippen LogP contribution < -0.4 is 5.32 Å². The smallest absolute Gasteiger partial charge is 0.249 e. The molecule has 0 unspecified atom stereocenters. The number of nitrogens with one attached hydrogen (secondary N) is 1. The lowest BCUT2D eigenvalue weighted by atomic mass is 10.3. The van der Waals surface area contributed by atoms with Gasteiger partial charge in [-0.15, -0.1) is 10.2 Å². The molecule has 82 valence electrons. The van der Waals surface area contributed by atoms with E-state index in [1.165, 1.54) is 0 Å². The molecule has 5 nitrogen and oxygen atoms in total. The molecule has 0 aliphatic rings. The Balaban J connectivity index is 2.27. The second-order valence-electron chi connectivity index (χ2n) is 3.31. The Hall–Kier alpha value is -2.17. The van der Waals surface area contributed by atoms with E-state index in [9.17, 15) is 0 Å². The van der Waals surface area contributed by atoms with Gasteiger partial charge in [0.2, 0.25) is 5.95 Å². The number of imidazole rings is 1. The lowest BCUT2D eigenvalue weighted by Gasteiger charge is -2.02. The molecule has 16 heavy (non-hydrogen) atoms. The summed E-state index contributed by atoms with van der Waals surface area (Å²) >= 11 is 0. The maximum absolute atomic E-state index is 4.16. The summed E-state index contributed by atoms with van der Waals surface area (Å²) in [5.74, 6) is 0.589. The van der Waals surface area contributed by atoms with Crippen LogP contribution >= 0.6 is 0 Å². The van der Waals surface area contributed by atoms with Crippen LogP contribution in [0.15, 0.2) is 46.9 Å². The van der Waals surface area contributed by atoms with Crippen molar-refractivity contribution in [2.75, 3.05) is 12.4 Å². The van der Waals surface area contributed by atoms with Crippen LogP contribution in [0.2, 0.25) is 0 Å². The Kier molecular flexibility index (Phi) is 2.95. The van der Waals surface area contributed by atoms with Crippen molar-refractivity contribution in [2.24, 2.45) is 17.3 Å². The normalized spacial score (nSPS) is 10.9. The molecule has 0 spiro atoms. The number of azo groups is 1. The number of benzene rings is 1. The zero-order valence-corrected chi connectivity index (χ0v) is 9.25. The van der Waals surface area contributed by atoms with Gasteiger partial charge in [-0.25, -0.2) is 4.98 Å². The third-order valence-corrected chi connectivity index (χ3v) is 2.22.